The molecule has 8 heteroatoms. The molecule has 2 aliphatic rings. The summed E-state index contributed by atoms with van der Waals surface area (Å²) in [6.45, 7) is 17.3. The zero-order chi connectivity index (χ0) is 29.8. The van der Waals surface area contributed by atoms with Crippen molar-refractivity contribution in [2.75, 3.05) is 19.6 Å². The summed E-state index contributed by atoms with van der Waals surface area (Å²) in [5.41, 5.74) is -0.446. The number of hydrogen-bond acceptors (Lipinski definition) is 4. The zero-order valence-corrected chi connectivity index (χ0v) is 25.7. The molecule has 0 aromatic heterocycles. The molecule has 1 unspecified atom stereocenters. The van der Waals surface area contributed by atoms with Crippen LogP contribution in [0.5, 0.6) is 0 Å². The highest BCUT2D eigenvalue weighted by Crippen LogP contribution is 2.35. The summed E-state index contributed by atoms with van der Waals surface area (Å²) in [6, 6.07) is -0.211. The molecule has 39 heavy (non-hydrogen) atoms. The Bertz CT molecular complexity index is 892. The molecule has 0 spiro atoms. The summed E-state index contributed by atoms with van der Waals surface area (Å²) in [7, 11) is 0. The first-order valence-electron chi connectivity index (χ1n) is 14.5. The number of ether oxygens (including phenoxy) is 1. The van der Waals surface area contributed by atoms with Crippen molar-refractivity contribution in [3.05, 3.63) is 35.2 Å². The lowest BCUT2D eigenvalue weighted by Crippen LogP contribution is -2.54. The molecule has 1 atom stereocenters. The maximum atomic E-state index is 13.8. The van der Waals surface area contributed by atoms with E-state index in [9.17, 15) is 18.0 Å². The highest BCUT2D eigenvalue weighted by Gasteiger charge is 2.38. The lowest BCUT2D eigenvalue weighted by molar-refractivity contribution is -0.0891. The van der Waals surface area contributed by atoms with Gasteiger partial charge >= 0.3 is 12.3 Å². The first-order chi connectivity index (χ1) is 18.2. The van der Waals surface area contributed by atoms with Gasteiger partial charge in [0.25, 0.3) is 0 Å². The van der Waals surface area contributed by atoms with Crippen LogP contribution < -0.4 is 0 Å². The van der Waals surface area contributed by atoms with Gasteiger partial charge in [-0.15, -0.1) is 0 Å². The Morgan fingerprint density at radius 1 is 1.08 bits per heavy atom. The van der Waals surface area contributed by atoms with E-state index in [1.807, 2.05) is 18.7 Å². The average molecular weight is 556 g/mol. The lowest BCUT2D eigenvalue weighted by atomic mass is 9.97. The van der Waals surface area contributed by atoms with Gasteiger partial charge in [-0.1, -0.05) is 64.5 Å². The SMILES string of the molecule is CCCC1CCCC1.C\C=C(C(/C(C)=N/C=C/CC)=C(/C)N1CCN(C(=O)OC(C)(C)C)C(C)C1)\C(F)(F)F. The molecule has 0 radical (unpaired) electrons. The fourth-order valence-corrected chi connectivity index (χ4v) is 5.16. The summed E-state index contributed by atoms with van der Waals surface area (Å²) in [5.74, 6) is 1.11. The number of halogens is 3. The van der Waals surface area contributed by atoms with E-state index in [4.69, 9.17) is 4.74 Å². The maximum absolute atomic E-state index is 13.8. The summed E-state index contributed by atoms with van der Waals surface area (Å²) in [4.78, 5) is 20.2. The largest absolute Gasteiger partial charge is 0.444 e. The molecule has 1 amide bonds. The molecule has 0 N–H and O–H groups in total. The van der Waals surface area contributed by atoms with E-state index in [0.717, 1.165) is 18.4 Å². The summed E-state index contributed by atoms with van der Waals surface area (Å²) in [6.07, 6.45) is 9.18. The van der Waals surface area contributed by atoms with Crippen molar-refractivity contribution in [3.63, 3.8) is 0 Å². The number of carbonyl (C=O) groups is 1. The predicted octanol–water partition coefficient (Wildman–Crippen LogP) is 9.07. The van der Waals surface area contributed by atoms with Gasteiger partial charge in [0.1, 0.15) is 5.60 Å². The van der Waals surface area contributed by atoms with Crippen molar-refractivity contribution < 1.29 is 22.7 Å². The van der Waals surface area contributed by atoms with E-state index >= 15 is 0 Å². The van der Waals surface area contributed by atoms with Crippen molar-refractivity contribution in [2.45, 2.75) is 125 Å². The molecular formula is C31H52F3N3O2. The van der Waals surface area contributed by atoms with Gasteiger partial charge in [-0.05, 0) is 60.8 Å². The Morgan fingerprint density at radius 3 is 2.15 bits per heavy atom. The number of allylic oxidation sites excluding steroid dienone is 5. The van der Waals surface area contributed by atoms with E-state index in [0.29, 0.717) is 31.0 Å². The number of carbonyl (C=O) groups excluding carboxylic acids is 1. The van der Waals surface area contributed by atoms with Gasteiger partial charge in [0.05, 0.1) is 5.57 Å². The van der Waals surface area contributed by atoms with Crippen LogP contribution in [0.25, 0.3) is 0 Å². The molecule has 0 bridgehead atoms. The average Bonchev–Trinajstić information content (AvgIpc) is 3.34. The van der Waals surface area contributed by atoms with Crippen LogP contribution in [0.15, 0.2) is 40.2 Å². The van der Waals surface area contributed by atoms with E-state index in [1.54, 1.807) is 45.6 Å². The van der Waals surface area contributed by atoms with Crippen molar-refractivity contribution in [3.8, 4) is 0 Å². The molecule has 224 valence electrons. The minimum atomic E-state index is -4.50. The van der Waals surface area contributed by atoms with Crippen molar-refractivity contribution in [1.82, 2.24) is 9.80 Å². The van der Waals surface area contributed by atoms with Gasteiger partial charge in [0.2, 0.25) is 0 Å². The topological polar surface area (TPSA) is 45.1 Å². The van der Waals surface area contributed by atoms with E-state index in [1.165, 1.54) is 51.6 Å². The van der Waals surface area contributed by atoms with Crippen LogP contribution in [0.4, 0.5) is 18.0 Å². The van der Waals surface area contributed by atoms with E-state index in [2.05, 4.69) is 11.9 Å². The molecule has 1 saturated heterocycles. The molecule has 5 nitrogen and oxygen atoms in total. The van der Waals surface area contributed by atoms with Crippen LogP contribution in [-0.4, -0.2) is 59.1 Å². The van der Waals surface area contributed by atoms with Gasteiger partial charge in [0.15, 0.2) is 0 Å². The minimum absolute atomic E-state index is 0.0775. The van der Waals surface area contributed by atoms with Crippen LogP contribution >= 0.6 is 0 Å². The van der Waals surface area contributed by atoms with Crippen molar-refractivity contribution >= 4 is 11.8 Å². The third-order valence-electron chi connectivity index (χ3n) is 7.10. The normalized spacial score (nSPS) is 20.7. The monoisotopic (exact) mass is 555 g/mol. The van der Waals surface area contributed by atoms with E-state index < -0.39 is 23.4 Å². The number of nitrogens with zero attached hydrogens (tertiary/aromatic N) is 3. The number of aliphatic imine (C=N–C) groups is 1. The molecular weight excluding hydrogens is 503 g/mol. The summed E-state index contributed by atoms with van der Waals surface area (Å²) in [5, 5.41) is 0. The summed E-state index contributed by atoms with van der Waals surface area (Å²) >= 11 is 0. The quantitative estimate of drug-likeness (QED) is 0.232. The minimum Gasteiger partial charge on any atom is -0.444 e. The molecule has 1 aliphatic heterocycles. The third-order valence-corrected chi connectivity index (χ3v) is 7.10. The predicted molar refractivity (Wildman–Crippen MR) is 156 cm³/mol. The second kappa shape index (κ2) is 16.1. The Kier molecular flexibility index (Phi) is 14.4. The van der Waals surface area contributed by atoms with Gasteiger partial charge < -0.3 is 14.5 Å². The van der Waals surface area contributed by atoms with Crippen molar-refractivity contribution in [1.29, 1.82) is 0 Å². The number of amides is 1. The Balaban J connectivity index is 0.000000806. The van der Waals surface area contributed by atoms with Crippen LogP contribution in [-0.2, 0) is 4.74 Å². The molecule has 0 aromatic carbocycles. The summed E-state index contributed by atoms with van der Waals surface area (Å²) < 4.78 is 46.8. The standard InChI is InChI=1S/C23H36F3N3O2.C8H16/c1-9-11-12-27-17(4)20(19(10-2)23(24,25)26)18(5)28-13-14-29(16(3)15-28)21(30)31-22(6,7)8;1-2-5-8-6-3-4-7-8/h10-12,16H,9,13-15H2,1-8H3;8H,2-7H2,1H3/b12-11+,19-10+,20-18-,27-17+;. The Hall–Kier alpha value is -2.25. The van der Waals surface area contributed by atoms with Crippen LogP contribution in [0, 0.1) is 5.92 Å². The molecule has 2 fully saturated rings. The van der Waals surface area contributed by atoms with Crippen LogP contribution in [0.2, 0.25) is 0 Å². The van der Waals surface area contributed by atoms with Gasteiger partial charge in [-0.3, -0.25) is 4.99 Å². The second-order valence-corrected chi connectivity index (χ2v) is 11.6. The molecule has 1 heterocycles. The fraction of sp³-hybridized carbons (Fsp3) is 0.742. The molecule has 1 aliphatic carbocycles. The first-order valence-corrected chi connectivity index (χ1v) is 14.5. The number of alkyl halides is 3. The third kappa shape index (κ3) is 11.8. The Labute approximate surface area is 235 Å². The maximum Gasteiger partial charge on any atom is 0.416 e. The van der Waals surface area contributed by atoms with Gasteiger partial charge in [-0.2, -0.15) is 13.2 Å². The van der Waals surface area contributed by atoms with E-state index in [-0.39, 0.29) is 11.6 Å². The van der Waals surface area contributed by atoms with Gasteiger partial charge in [-0.25, -0.2) is 4.79 Å². The smallest absolute Gasteiger partial charge is 0.416 e. The molecule has 1 saturated carbocycles. The number of hydrogen-bond donors (Lipinski definition) is 0. The molecule has 0 aromatic rings. The first kappa shape index (κ1) is 34.8. The molecule has 2 rings (SSSR count). The Morgan fingerprint density at radius 2 is 1.69 bits per heavy atom. The number of piperazine rings is 1. The second-order valence-electron chi connectivity index (χ2n) is 11.6. The van der Waals surface area contributed by atoms with Crippen molar-refractivity contribution in [2.24, 2.45) is 10.9 Å². The highest BCUT2D eigenvalue weighted by atomic mass is 19.4. The van der Waals surface area contributed by atoms with Gasteiger partial charge in [0, 0.05) is 48.9 Å². The number of rotatable bonds is 7. The fourth-order valence-electron chi connectivity index (χ4n) is 5.16. The van der Waals surface area contributed by atoms with Crippen LogP contribution in [0.3, 0.4) is 0 Å². The zero-order valence-electron chi connectivity index (χ0n) is 25.7. The lowest BCUT2D eigenvalue weighted by Gasteiger charge is -2.42. The van der Waals surface area contributed by atoms with Crippen LogP contribution in [0.1, 0.15) is 107 Å². The highest BCUT2D eigenvalue weighted by molar-refractivity contribution is 6.03.